The molecule has 0 spiro atoms. The van der Waals surface area contributed by atoms with Gasteiger partial charge < -0.3 is 4.90 Å². The molecule has 2 rings (SSSR count). The molecule has 0 N–H and O–H groups in total. The van der Waals surface area contributed by atoms with Gasteiger partial charge in [0.1, 0.15) is 0 Å². The zero-order valence-corrected chi connectivity index (χ0v) is 11.6. The Morgan fingerprint density at radius 2 is 2.12 bits per heavy atom. The first-order valence-corrected chi connectivity index (χ1v) is 7.25. The zero-order chi connectivity index (χ0) is 12.3. The number of thiophene rings is 1. The van der Waals surface area contributed by atoms with E-state index in [0.717, 1.165) is 32.4 Å². The predicted octanol–water partition coefficient (Wildman–Crippen LogP) is 3.33. The Morgan fingerprint density at radius 1 is 1.41 bits per heavy atom. The third-order valence-electron chi connectivity index (χ3n) is 3.64. The first-order valence-electron chi connectivity index (χ1n) is 6.37. The number of aryl methyl sites for hydroxylation is 1. The molecule has 1 amide bonds. The number of carbonyl (C=O) groups is 1. The van der Waals surface area contributed by atoms with Crippen LogP contribution in [0.4, 0.5) is 0 Å². The molecule has 0 aromatic carbocycles. The van der Waals surface area contributed by atoms with E-state index in [2.05, 4.69) is 25.3 Å². The monoisotopic (exact) mass is 251 g/mol. The van der Waals surface area contributed by atoms with Crippen molar-refractivity contribution in [2.24, 2.45) is 5.41 Å². The summed E-state index contributed by atoms with van der Waals surface area (Å²) >= 11 is 1.74. The van der Waals surface area contributed by atoms with Crippen LogP contribution in [0.25, 0.3) is 0 Å². The van der Waals surface area contributed by atoms with Crippen LogP contribution >= 0.6 is 11.3 Å². The van der Waals surface area contributed by atoms with Gasteiger partial charge in [-0.3, -0.25) is 4.79 Å². The van der Waals surface area contributed by atoms with E-state index in [4.69, 9.17) is 0 Å². The Labute approximate surface area is 108 Å². The number of likely N-dealkylation sites (tertiary alicyclic amines) is 1. The quantitative estimate of drug-likeness (QED) is 0.807. The number of rotatable bonds is 3. The molecule has 3 heteroatoms. The fourth-order valence-corrected chi connectivity index (χ4v) is 2.91. The average Bonchev–Trinajstić information content (AvgIpc) is 2.78. The van der Waals surface area contributed by atoms with Crippen LogP contribution in [-0.2, 0) is 11.2 Å². The van der Waals surface area contributed by atoms with Gasteiger partial charge in [-0.25, -0.2) is 0 Å². The van der Waals surface area contributed by atoms with Gasteiger partial charge in [-0.1, -0.05) is 19.9 Å². The molecule has 1 aliphatic rings. The number of piperidine rings is 1. The summed E-state index contributed by atoms with van der Waals surface area (Å²) in [6.45, 7) is 6.47. The average molecular weight is 251 g/mol. The molecule has 0 bridgehead atoms. The van der Waals surface area contributed by atoms with Crippen molar-refractivity contribution in [3.05, 3.63) is 22.4 Å². The Balaban J connectivity index is 1.77. The van der Waals surface area contributed by atoms with Crippen LogP contribution < -0.4 is 0 Å². The minimum Gasteiger partial charge on any atom is -0.343 e. The van der Waals surface area contributed by atoms with Gasteiger partial charge in [-0.15, -0.1) is 11.3 Å². The Kier molecular flexibility index (Phi) is 3.87. The first-order chi connectivity index (χ1) is 8.07. The highest BCUT2D eigenvalue weighted by Gasteiger charge is 2.27. The van der Waals surface area contributed by atoms with Crippen molar-refractivity contribution >= 4 is 17.2 Å². The number of carbonyl (C=O) groups excluding carboxylic acids is 1. The molecule has 2 heterocycles. The van der Waals surface area contributed by atoms with E-state index in [9.17, 15) is 4.79 Å². The van der Waals surface area contributed by atoms with Crippen molar-refractivity contribution in [1.82, 2.24) is 4.90 Å². The molecule has 0 unspecified atom stereocenters. The van der Waals surface area contributed by atoms with Crippen LogP contribution in [0.5, 0.6) is 0 Å². The summed E-state index contributed by atoms with van der Waals surface area (Å²) in [5, 5.41) is 2.07. The van der Waals surface area contributed by atoms with E-state index in [-0.39, 0.29) is 0 Å². The summed E-state index contributed by atoms with van der Waals surface area (Å²) in [4.78, 5) is 15.4. The van der Waals surface area contributed by atoms with Crippen LogP contribution in [0.2, 0.25) is 0 Å². The lowest BCUT2D eigenvalue weighted by Gasteiger charge is -2.37. The molecule has 0 atom stereocenters. The normalized spacial score (nSPS) is 19.3. The molecule has 2 nitrogen and oxygen atoms in total. The molecular weight excluding hydrogens is 230 g/mol. The number of hydrogen-bond donors (Lipinski definition) is 0. The zero-order valence-electron chi connectivity index (χ0n) is 10.7. The number of amides is 1. The van der Waals surface area contributed by atoms with Crippen LogP contribution in [0.3, 0.4) is 0 Å². The van der Waals surface area contributed by atoms with Crippen molar-refractivity contribution < 1.29 is 4.79 Å². The maximum atomic E-state index is 12.0. The molecule has 1 aromatic heterocycles. The SMILES string of the molecule is CC1(C)CCN(C(=O)CCc2cccs2)CC1. The van der Waals surface area contributed by atoms with Crippen molar-refractivity contribution in [3.63, 3.8) is 0 Å². The molecule has 0 saturated carbocycles. The Bertz CT molecular complexity index is 360. The van der Waals surface area contributed by atoms with Crippen molar-refractivity contribution in [2.75, 3.05) is 13.1 Å². The van der Waals surface area contributed by atoms with Crippen LogP contribution in [0.1, 0.15) is 38.0 Å². The number of hydrogen-bond acceptors (Lipinski definition) is 2. The van der Waals surface area contributed by atoms with Gasteiger partial charge in [0, 0.05) is 24.4 Å². The van der Waals surface area contributed by atoms with Crippen molar-refractivity contribution in [2.45, 2.75) is 39.5 Å². The van der Waals surface area contributed by atoms with Gasteiger partial charge in [0.2, 0.25) is 5.91 Å². The Morgan fingerprint density at radius 3 is 2.71 bits per heavy atom. The first kappa shape index (κ1) is 12.6. The summed E-state index contributed by atoms with van der Waals surface area (Å²) in [6.07, 6.45) is 3.84. The second kappa shape index (κ2) is 5.21. The topological polar surface area (TPSA) is 20.3 Å². The summed E-state index contributed by atoms with van der Waals surface area (Å²) in [7, 11) is 0. The molecular formula is C14H21NOS. The highest BCUT2D eigenvalue weighted by Crippen LogP contribution is 2.30. The summed E-state index contributed by atoms with van der Waals surface area (Å²) in [5.74, 6) is 0.328. The van der Waals surface area contributed by atoms with Gasteiger partial charge in [-0.2, -0.15) is 0 Å². The lowest BCUT2D eigenvalue weighted by molar-refractivity contribution is -0.133. The van der Waals surface area contributed by atoms with Gasteiger partial charge in [0.05, 0.1) is 0 Å². The maximum absolute atomic E-state index is 12.0. The fraction of sp³-hybridized carbons (Fsp3) is 0.643. The van der Waals surface area contributed by atoms with E-state index in [1.54, 1.807) is 11.3 Å². The molecule has 1 saturated heterocycles. The molecule has 1 aromatic rings. The summed E-state index contributed by atoms with van der Waals surface area (Å²) in [6, 6.07) is 4.16. The molecule has 0 radical (unpaired) electrons. The van der Waals surface area contributed by atoms with E-state index >= 15 is 0 Å². The molecule has 1 aliphatic heterocycles. The molecule has 17 heavy (non-hydrogen) atoms. The van der Waals surface area contributed by atoms with Crippen molar-refractivity contribution in [3.8, 4) is 0 Å². The molecule has 94 valence electrons. The van der Waals surface area contributed by atoms with E-state index in [1.165, 1.54) is 4.88 Å². The van der Waals surface area contributed by atoms with E-state index < -0.39 is 0 Å². The standard InChI is InChI=1S/C14H21NOS/c1-14(2)7-9-15(10-8-14)13(16)6-5-12-4-3-11-17-12/h3-4,11H,5-10H2,1-2H3. The van der Waals surface area contributed by atoms with Gasteiger partial charge >= 0.3 is 0 Å². The minimum atomic E-state index is 0.328. The summed E-state index contributed by atoms with van der Waals surface area (Å²) in [5.41, 5.74) is 0.421. The highest BCUT2D eigenvalue weighted by atomic mass is 32.1. The van der Waals surface area contributed by atoms with Crippen LogP contribution in [0.15, 0.2) is 17.5 Å². The second-order valence-corrected chi connectivity index (χ2v) is 6.66. The minimum absolute atomic E-state index is 0.328. The summed E-state index contributed by atoms with van der Waals surface area (Å²) < 4.78 is 0. The van der Waals surface area contributed by atoms with Crippen molar-refractivity contribution in [1.29, 1.82) is 0 Å². The number of nitrogens with zero attached hydrogens (tertiary/aromatic N) is 1. The maximum Gasteiger partial charge on any atom is 0.222 e. The second-order valence-electron chi connectivity index (χ2n) is 5.62. The third-order valence-corrected chi connectivity index (χ3v) is 4.57. The molecule has 0 aliphatic carbocycles. The fourth-order valence-electron chi connectivity index (χ4n) is 2.20. The van der Waals surface area contributed by atoms with Gasteiger partial charge in [-0.05, 0) is 36.1 Å². The smallest absolute Gasteiger partial charge is 0.222 e. The van der Waals surface area contributed by atoms with Gasteiger partial charge in [0.25, 0.3) is 0 Å². The predicted molar refractivity (Wildman–Crippen MR) is 72.2 cm³/mol. The van der Waals surface area contributed by atoms with Crippen LogP contribution in [-0.4, -0.2) is 23.9 Å². The lowest BCUT2D eigenvalue weighted by Crippen LogP contribution is -2.41. The van der Waals surface area contributed by atoms with Crippen LogP contribution in [0, 0.1) is 5.41 Å². The Hall–Kier alpha value is -0.830. The third kappa shape index (κ3) is 3.56. The molecule has 1 fully saturated rings. The van der Waals surface area contributed by atoms with E-state index in [1.807, 2.05) is 11.0 Å². The highest BCUT2D eigenvalue weighted by molar-refractivity contribution is 7.09. The van der Waals surface area contributed by atoms with E-state index in [0.29, 0.717) is 17.7 Å². The largest absolute Gasteiger partial charge is 0.343 e. The lowest BCUT2D eigenvalue weighted by atomic mass is 9.82. The van der Waals surface area contributed by atoms with Gasteiger partial charge in [0.15, 0.2) is 0 Å².